The van der Waals surface area contributed by atoms with Crippen molar-refractivity contribution in [2.75, 3.05) is 27.4 Å². The number of piperidine rings is 1. The maximum absolute atomic E-state index is 13.5. The number of aromatic nitrogens is 1. The second-order valence-corrected chi connectivity index (χ2v) is 8.43. The minimum absolute atomic E-state index is 0.309. The van der Waals surface area contributed by atoms with Crippen LogP contribution in [0.2, 0.25) is 0 Å². The highest BCUT2D eigenvalue weighted by molar-refractivity contribution is 6.03. The summed E-state index contributed by atoms with van der Waals surface area (Å²) in [6, 6.07) is 15.7. The summed E-state index contributed by atoms with van der Waals surface area (Å²) in [4.78, 5) is 12.0. The molecular weight excluding hydrogens is 449 g/mol. The molecule has 3 heterocycles. The van der Waals surface area contributed by atoms with E-state index in [9.17, 15) is 9.50 Å². The quantitative estimate of drug-likeness (QED) is 0.563. The molecule has 2 aliphatic rings. The smallest absolute Gasteiger partial charge is 0.260 e. The lowest BCUT2D eigenvalue weighted by molar-refractivity contribution is -0.137. The molecule has 2 aliphatic heterocycles. The van der Waals surface area contributed by atoms with Gasteiger partial charge in [-0.25, -0.2) is 9.37 Å². The van der Waals surface area contributed by atoms with Crippen molar-refractivity contribution in [3.8, 4) is 22.8 Å². The number of methoxy groups -OCH3 is 2. The molecule has 1 fully saturated rings. The van der Waals surface area contributed by atoms with Crippen LogP contribution < -0.4 is 9.47 Å². The van der Waals surface area contributed by atoms with Crippen LogP contribution in [0, 0.1) is 5.82 Å². The summed E-state index contributed by atoms with van der Waals surface area (Å²) >= 11 is 0. The van der Waals surface area contributed by atoms with Crippen molar-refractivity contribution in [2.24, 2.45) is 5.16 Å². The van der Waals surface area contributed by atoms with Crippen molar-refractivity contribution in [1.29, 1.82) is 0 Å². The minimum Gasteiger partial charge on any atom is -0.496 e. The highest BCUT2D eigenvalue weighted by atomic mass is 19.1. The zero-order chi connectivity index (χ0) is 24.4. The van der Waals surface area contributed by atoms with E-state index in [0.29, 0.717) is 23.8 Å². The number of oxime groups is 1. The van der Waals surface area contributed by atoms with Crippen LogP contribution in [0.15, 0.2) is 71.5 Å². The van der Waals surface area contributed by atoms with Crippen molar-refractivity contribution in [3.05, 3.63) is 83.3 Å². The molecule has 1 N–H and O–H groups in total. The van der Waals surface area contributed by atoms with Crippen molar-refractivity contribution in [1.82, 2.24) is 9.88 Å². The molecule has 7 nitrogen and oxygen atoms in total. The van der Waals surface area contributed by atoms with Gasteiger partial charge in [-0.2, -0.15) is 0 Å². The number of fused-ring (bicyclic) bond motifs is 1. The van der Waals surface area contributed by atoms with Crippen LogP contribution >= 0.6 is 0 Å². The topological polar surface area (TPSA) is 76.4 Å². The summed E-state index contributed by atoms with van der Waals surface area (Å²) in [6.45, 7) is 0.358. The number of benzene rings is 2. The summed E-state index contributed by atoms with van der Waals surface area (Å²) < 4.78 is 24.4. The lowest BCUT2D eigenvalue weighted by Crippen LogP contribution is -2.51. The molecule has 8 heteroatoms. The molecule has 3 aromatic rings. The first-order valence-electron chi connectivity index (χ1n) is 11.4. The van der Waals surface area contributed by atoms with Crippen LogP contribution in [0.5, 0.6) is 11.6 Å². The number of aliphatic hydroxyl groups is 1. The van der Waals surface area contributed by atoms with E-state index in [4.69, 9.17) is 14.3 Å². The first-order valence-corrected chi connectivity index (χ1v) is 11.4. The number of amidine groups is 1. The fourth-order valence-electron chi connectivity index (χ4n) is 4.63. The van der Waals surface area contributed by atoms with Gasteiger partial charge in [0, 0.05) is 29.9 Å². The Kier molecular flexibility index (Phi) is 6.13. The molecule has 1 unspecified atom stereocenters. The number of rotatable bonds is 6. The Balaban J connectivity index is 1.46. The monoisotopic (exact) mass is 475 g/mol. The van der Waals surface area contributed by atoms with Gasteiger partial charge in [0.05, 0.1) is 14.2 Å². The molecule has 0 spiro atoms. The van der Waals surface area contributed by atoms with Crippen LogP contribution in [0.4, 0.5) is 4.39 Å². The van der Waals surface area contributed by atoms with Crippen molar-refractivity contribution in [2.45, 2.75) is 18.6 Å². The molecule has 1 atom stereocenters. The number of pyridine rings is 1. The molecule has 0 aliphatic carbocycles. The van der Waals surface area contributed by atoms with Gasteiger partial charge in [-0.1, -0.05) is 17.3 Å². The van der Waals surface area contributed by atoms with Crippen LogP contribution in [-0.2, 0) is 10.6 Å². The van der Waals surface area contributed by atoms with Gasteiger partial charge in [-0.3, -0.25) is 0 Å². The molecule has 5 rings (SSSR count). The molecule has 2 aromatic carbocycles. The third kappa shape index (κ3) is 4.10. The molecule has 0 saturated carbocycles. The molecule has 0 radical (unpaired) electrons. The van der Waals surface area contributed by atoms with Crippen LogP contribution in [0.25, 0.3) is 17.2 Å². The van der Waals surface area contributed by atoms with Crippen molar-refractivity contribution < 1.29 is 23.8 Å². The molecular formula is C27H26FN3O4. The largest absolute Gasteiger partial charge is 0.496 e. The van der Waals surface area contributed by atoms with E-state index in [-0.39, 0.29) is 12.4 Å². The van der Waals surface area contributed by atoms with Crippen LogP contribution in [-0.4, -0.2) is 48.2 Å². The van der Waals surface area contributed by atoms with E-state index in [0.717, 1.165) is 40.9 Å². The highest BCUT2D eigenvalue weighted by Gasteiger charge is 2.49. The lowest BCUT2D eigenvalue weighted by atomic mass is 9.94. The van der Waals surface area contributed by atoms with Crippen LogP contribution in [0.3, 0.4) is 0 Å². The van der Waals surface area contributed by atoms with Gasteiger partial charge in [-0.05, 0) is 72.0 Å². The second-order valence-electron chi connectivity index (χ2n) is 8.43. The molecule has 0 bridgehead atoms. The Bertz CT molecular complexity index is 1290. The zero-order valence-corrected chi connectivity index (χ0v) is 19.6. The Morgan fingerprint density at radius 1 is 1.11 bits per heavy atom. The summed E-state index contributed by atoms with van der Waals surface area (Å²) in [5.74, 6) is 1.59. The van der Waals surface area contributed by atoms with Gasteiger partial charge in [0.2, 0.25) is 5.88 Å². The normalized spacial score (nSPS) is 20.3. The summed E-state index contributed by atoms with van der Waals surface area (Å²) in [5, 5.41) is 14.7. The minimum atomic E-state index is -1.16. The van der Waals surface area contributed by atoms with Crippen molar-refractivity contribution >= 4 is 11.9 Å². The van der Waals surface area contributed by atoms with E-state index in [1.807, 2.05) is 35.2 Å². The van der Waals surface area contributed by atoms with Gasteiger partial charge in [0.15, 0.2) is 5.84 Å². The number of aliphatic hydroxyl groups excluding tert-OH is 1. The lowest BCUT2D eigenvalue weighted by Gasteiger charge is -2.38. The standard InChI is InChI=1S/C27H26FN3O4/c1-33-24-15-18(5-10-23(24)19-11-12-29-25(16-19)34-2)14-20-4-3-13-31-26(20)30-35-27(31,17-32)21-6-8-22(28)9-7-21/h5-12,14-16,32H,3-4,13,17H2,1-2H3/b20-14+. The molecule has 0 amide bonds. The summed E-state index contributed by atoms with van der Waals surface area (Å²) in [6.07, 6.45) is 5.44. The highest BCUT2D eigenvalue weighted by Crippen LogP contribution is 2.40. The van der Waals surface area contributed by atoms with E-state index in [1.165, 1.54) is 12.1 Å². The number of hydrogen-bond acceptors (Lipinski definition) is 7. The first-order chi connectivity index (χ1) is 17.1. The van der Waals surface area contributed by atoms with E-state index < -0.39 is 5.72 Å². The number of halogens is 1. The third-order valence-corrected chi connectivity index (χ3v) is 6.42. The fraction of sp³-hybridized carbons (Fsp3) is 0.259. The van der Waals surface area contributed by atoms with Gasteiger partial charge >= 0.3 is 0 Å². The molecule has 180 valence electrons. The van der Waals surface area contributed by atoms with Crippen molar-refractivity contribution in [3.63, 3.8) is 0 Å². The average molecular weight is 476 g/mol. The van der Waals surface area contributed by atoms with Gasteiger partial charge in [0.1, 0.15) is 18.2 Å². The molecule has 35 heavy (non-hydrogen) atoms. The van der Waals surface area contributed by atoms with Crippen LogP contribution in [0.1, 0.15) is 24.0 Å². The van der Waals surface area contributed by atoms with Gasteiger partial charge < -0.3 is 24.3 Å². The number of ether oxygens (including phenoxy) is 2. The fourth-order valence-corrected chi connectivity index (χ4v) is 4.63. The Labute approximate surface area is 203 Å². The predicted molar refractivity (Wildman–Crippen MR) is 130 cm³/mol. The predicted octanol–water partition coefficient (Wildman–Crippen LogP) is 4.57. The maximum Gasteiger partial charge on any atom is 0.260 e. The Morgan fingerprint density at radius 2 is 1.94 bits per heavy atom. The average Bonchev–Trinajstić information content (AvgIpc) is 3.30. The Morgan fingerprint density at radius 3 is 2.69 bits per heavy atom. The Hall–Kier alpha value is -3.91. The second kappa shape index (κ2) is 9.38. The number of hydrogen-bond donors (Lipinski definition) is 1. The maximum atomic E-state index is 13.5. The first kappa shape index (κ1) is 22.9. The number of nitrogens with zero attached hydrogens (tertiary/aromatic N) is 3. The molecule has 1 saturated heterocycles. The van der Waals surface area contributed by atoms with E-state index in [1.54, 1.807) is 32.5 Å². The van der Waals surface area contributed by atoms with E-state index in [2.05, 4.69) is 16.2 Å². The SMILES string of the molecule is COc1cc(-c2ccc(/C=C3\CCCN4C3=NOC4(CO)c3ccc(F)cc3)cc2OC)ccn1. The van der Waals surface area contributed by atoms with Gasteiger partial charge in [0.25, 0.3) is 5.72 Å². The summed E-state index contributed by atoms with van der Waals surface area (Å²) in [7, 11) is 3.23. The zero-order valence-electron chi connectivity index (χ0n) is 19.6. The van der Waals surface area contributed by atoms with Gasteiger partial charge in [-0.15, -0.1) is 0 Å². The summed E-state index contributed by atoms with van der Waals surface area (Å²) in [5.41, 5.74) is 3.31. The third-order valence-electron chi connectivity index (χ3n) is 6.42. The van der Waals surface area contributed by atoms with E-state index >= 15 is 0 Å². The molecule has 1 aromatic heterocycles.